The molecular weight excluding hydrogens is 772 g/mol. The fraction of sp³-hybridized carbons (Fsp3) is 0.667. The first-order valence-corrected chi connectivity index (χ1v) is 20.7. The molecule has 0 saturated carbocycles. The minimum absolute atomic E-state index is 0.0640. The van der Waals surface area contributed by atoms with Crippen LogP contribution in [0.15, 0.2) is 29.6 Å². The monoisotopic (exact) mass is 828 g/mol. The molecule has 3 saturated heterocycles. The van der Waals surface area contributed by atoms with Crippen LogP contribution < -0.4 is 5.32 Å². The van der Waals surface area contributed by atoms with Gasteiger partial charge >= 0.3 is 12.1 Å². The largest absolute Gasteiger partial charge is 0.455 e. The second-order valence-corrected chi connectivity index (χ2v) is 17.3. The number of aliphatic hydroxyl groups is 1. The predicted octanol–water partition coefficient (Wildman–Crippen LogP) is 4.70. The number of benzene rings is 1. The van der Waals surface area contributed by atoms with Crippen LogP contribution in [-0.2, 0) is 44.5 Å². The van der Waals surface area contributed by atoms with Crippen LogP contribution in [0.2, 0.25) is 0 Å². The molecule has 13 atom stereocenters. The molecule has 5 rings (SSSR count). The van der Waals surface area contributed by atoms with Crippen molar-refractivity contribution in [2.24, 2.45) is 17.8 Å². The second kappa shape index (κ2) is 18.2. The summed E-state index contributed by atoms with van der Waals surface area (Å²) in [5.41, 5.74) is -3.70. The number of hydrogen-bond donors (Lipinski definition) is 2. The van der Waals surface area contributed by atoms with Gasteiger partial charge in [-0.25, -0.2) is 14.0 Å². The Morgan fingerprint density at radius 1 is 1.05 bits per heavy atom. The van der Waals surface area contributed by atoms with E-state index in [2.05, 4.69) is 26.7 Å². The molecule has 0 bridgehead atoms. The summed E-state index contributed by atoms with van der Waals surface area (Å²) < 4.78 is 51.4. The molecule has 318 valence electrons. The zero-order chi connectivity index (χ0) is 42.7. The van der Waals surface area contributed by atoms with Gasteiger partial charge in [-0.1, -0.05) is 68.3 Å². The Balaban J connectivity index is 1.53. The molecule has 2 aromatic rings. The summed E-state index contributed by atoms with van der Waals surface area (Å²) in [5, 5.41) is 20.2. The number of fused-ring (bicyclic) bond motifs is 1. The lowest BCUT2D eigenvalue weighted by atomic mass is 9.73. The molecule has 0 aliphatic carbocycles. The highest BCUT2D eigenvalue weighted by Crippen LogP contribution is 2.41. The lowest BCUT2D eigenvalue weighted by Gasteiger charge is -2.47. The number of hydrogen-bond acceptors (Lipinski definition) is 14. The number of rotatable bonds is 8. The molecule has 1 aromatic heterocycles. The van der Waals surface area contributed by atoms with E-state index in [1.807, 2.05) is 55.6 Å². The van der Waals surface area contributed by atoms with Crippen molar-refractivity contribution in [3.8, 4) is 23.1 Å². The van der Waals surface area contributed by atoms with Gasteiger partial charge in [0.1, 0.15) is 30.3 Å². The summed E-state index contributed by atoms with van der Waals surface area (Å²) in [7, 11) is 3.63. The van der Waals surface area contributed by atoms with Crippen molar-refractivity contribution in [1.29, 1.82) is 0 Å². The number of ether oxygens (including phenoxy) is 5. The Labute approximate surface area is 344 Å². The van der Waals surface area contributed by atoms with Crippen LogP contribution in [0.25, 0.3) is 11.3 Å². The summed E-state index contributed by atoms with van der Waals surface area (Å²) >= 11 is 1.27. The van der Waals surface area contributed by atoms with Crippen LogP contribution in [0.4, 0.5) is 9.18 Å². The van der Waals surface area contributed by atoms with Gasteiger partial charge in [-0.05, 0) is 78.1 Å². The van der Waals surface area contributed by atoms with Crippen molar-refractivity contribution in [3.63, 3.8) is 0 Å². The fourth-order valence-electron chi connectivity index (χ4n) is 8.63. The Morgan fingerprint density at radius 3 is 2.36 bits per heavy atom. The number of nitrogens with one attached hydrogen (secondary N) is 1. The number of aliphatic hydroxyl groups excluding tert-OH is 1. The predicted molar refractivity (Wildman–Crippen MR) is 212 cm³/mol. The highest BCUT2D eigenvalue weighted by Gasteiger charge is 2.59. The number of carbonyl (C=O) groups excluding carboxylic acids is 4. The number of amides is 1. The molecule has 0 spiro atoms. The van der Waals surface area contributed by atoms with Crippen LogP contribution in [-0.4, -0.2) is 124 Å². The van der Waals surface area contributed by atoms with E-state index in [-0.39, 0.29) is 31.3 Å². The maximum atomic E-state index is 16.9. The summed E-state index contributed by atoms with van der Waals surface area (Å²) in [4.78, 5) is 57.1. The Morgan fingerprint density at radius 2 is 1.74 bits per heavy atom. The van der Waals surface area contributed by atoms with E-state index in [1.165, 1.54) is 25.4 Å². The van der Waals surface area contributed by atoms with Gasteiger partial charge in [-0.15, -0.1) is 5.10 Å². The zero-order valence-corrected chi connectivity index (χ0v) is 35.8. The highest BCUT2D eigenvalue weighted by molar-refractivity contribution is 7.03. The zero-order valence-electron chi connectivity index (χ0n) is 34.9. The number of cyclic esters (lactones) is 1. The lowest BCUT2D eigenvalue weighted by molar-refractivity contribution is -0.296. The summed E-state index contributed by atoms with van der Waals surface area (Å²) in [6.07, 6.45) is -5.40. The first-order chi connectivity index (χ1) is 27.2. The van der Waals surface area contributed by atoms with Gasteiger partial charge in [0.05, 0.1) is 23.9 Å². The topological polar surface area (TPSA) is 176 Å². The van der Waals surface area contributed by atoms with Crippen LogP contribution in [0.1, 0.15) is 80.2 Å². The third-order valence-corrected chi connectivity index (χ3v) is 12.5. The molecular formula is C42H57FN4O10S. The fourth-order valence-corrected chi connectivity index (χ4v) is 9.10. The van der Waals surface area contributed by atoms with Crippen molar-refractivity contribution < 1.29 is 52.4 Å². The minimum Gasteiger partial charge on any atom is -0.455 e. The van der Waals surface area contributed by atoms with E-state index in [0.29, 0.717) is 12.8 Å². The van der Waals surface area contributed by atoms with Crippen molar-refractivity contribution in [2.45, 2.75) is 141 Å². The van der Waals surface area contributed by atoms with Crippen molar-refractivity contribution in [2.75, 3.05) is 20.7 Å². The quantitative estimate of drug-likeness (QED) is 0.213. The molecule has 1 aromatic carbocycles. The van der Waals surface area contributed by atoms with Crippen molar-refractivity contribution in [1.82, 2.24) is 19.8 Å². The molecule has 0 radical (unpaired) electrons. The number of nitrogens with zero attached hydrogens (tertiary/aromatic N) is 3. The standard InChI is InChI=1S/C42H57FN4O10S/c1-11-31-42(8)34(44-39(52)57-42)25(4)32(48)23(2)21-40(6,53-19-13-12-14-27-15-17-28(18-16-27)29-22-58-46-45-29)36(26(5)35(50)41(7,43)38(51)55-31)56-37-33(49)30(47(9)10)20-24(3)54-37/h15-18,22-26,30-31,33-34,36-37,49H,11,14,19-21H2,1-10H3,(H,44,52)/t23-,24-,25+,26+,30+,31-,33-,34-,36-,37+,40+,41+,42-/m1/s1. The average Bonchev–Trinajstić information content (AvgIpc) is 3.83. The van der Waals surface area contributed by atoms with Gasteiger partial charge in [0.2, 0.25) is 0 Å². The first kappa shape index (κ1) is 45.2. The number of Topliss-reactive ketones (excluding diaryl/α,β-unsaturated/α-hetero) is 2. The second-order valence-electron chi connectivity index (χ2n) is 16.7. The maximum absolute atomic E-state index is 16.9. The van der Waals surface area contributed by atoms with Gasteiger partial charge < -0.3 is 39.0 Å². The van der Waals surface area contributed by atoms with E-state index < -0.39 is 89.2 Å². The van der Waals surface area contributed by atoms with E-state index in [1.54, 1.807) is 27.7 Å². The van der Waals surface area contributed by atoms with E-state index in [4.69, 9.17) is 23.7 Å². The number of aromatic nitrogens is 2. The number of esters is 1. The van der Waals surface area contributed by atoms with Gasteiger partial charge in [-0.2, -0.15) is 0 Å². The number of carbonyl (C=O) groups is 4. The van der Waals surface area contributed by atoms with Crippen LogP contribution in [0.5, 0.6) is 0 Å². The Bertz CT molecular complexity index is 1850. The molecule has 16 heteroatoms. The van der Waals surface area contributed by atoms with Gasteiger partial charge in [0, 0.05) is 41.2 Å². The maximum Gasteiger partial charge on any atom is 0.408 e. The van der Waals surface area contributed by atoms with Crippen molar-refractivity contribution >= 4 is 35.2 Å². The third-order valence-electron chi connectivity index (χ3n) is 12.0. The van der Waals surface area contributed by atoms with Crippen LogP contribution in [0, 0.1) is 29.6 Å². The number of alkyl carbamates (subject to hydrolysis) is 1. The summed E-state index contributed by atoms with van der Waals surface area (Å²) in [6, 6.07) is 6.39. The van der Waals surface area contributed by atoms with Gasteiger partial charge in [-0.3, -0.25) is 9.59 Å². The number of likely N-dealkylation sites (N-methyl/N-ethyl adjacent to an activating group) is 1. The van der Waals surface area contributed by atoms with Crippen LogP contribution in [0.3, 0.4) is 0 Å². The molecule has 58 heavy (non-hydrogen) atoms. The lowest BCUT2D eigenvalue weighted by Crippen LogP contribution is -2.61. The normalized spacial score (nSPS) is 37.5. The summed E-state index contributed by atoms with van der Waals surface area (Å²) in [6.45, 7) is 12.1. The minimum atomic E-state index is -3.20. The van der Waals surface area contributed by atoms with Gasteiger partial charge in [0.15, 0.2) is 17.7 Å². The molecule has 14 nitrogen and oxygen atoms in total. The molecule has 0 unspecified atom stereocenters. The summed E-state index contributed by atoms with van der Waals surface area (Å²) in [5.74, 6) is 0.127. The molecule has 4 heterocycles. The van der Waals surface area contributed by atoms with Crippen molar-refractivity contribution in [3.05, 3.63) is 35.2 Å². The SMILES string of the molecule is CC[C@H]1OC(=O)[C@@](C)(F)C(=O)[C@H](C)[C@@H](O[C@@H]2O[C@H](C)C[C@H](N(C)C)[C@H]2O)[C@@](C)(OCC#CCc2ccc(-c3csnn3)cc2)C[C@@H](C)C(=O)[C@H](C)[C@H]2NC(=O)O[C@@]21C. The third kappa shape index (κ3) is 9.45. The number of ketones is 2. The molecule has 2 N–H and O–H groups in total. The van der Waals surface area contributed by atoms with Gasteiger partial charge in [0.25, 0.3) is 5.67 Å². The average molecular weight is 829 g/mol. The molecule has 3 aliphatic rings. The Hall–Kier alpha value is -3.85. The smallest absolute Gasteiger partial charge is 0.408 e. The first-order valence-electron chi connectivity index (χ1n) is 19.8. The van der Waals surface area contributed by atoms with E-state index in [9.17, 15) is 24.3 Å². The van der Waals surface area contributed by atoms with E-state index in [0.717, 1.165) is 23.7 Å². The molecule has 3 aliphatic heterocycles. The Kier molecular flexibility index (Phi) is 14.2. The highest BCUT2D eigenvalue weighted by atomic mass is 32.1. The molecule has 1 amide bonds. The van der Waals surface area contributed by atoms with Crippen LogP contribution >= 0.6 is 11.5 Å². The number of halogens is 1. The van der Waals surface area contributed by atoms with E-state index >= 15 is 4.39 Å². The number of alkyl halides is 1. The molecule has 3 fully saturated rings.